The van der Waals surface area contributed by atoms with Crippen LogP contribution in [0.4, 0.5) is 46.3 Å². The number of aromatic nitrogens is 11. The number of piperidine rings is 2. The van der Waals surface area contributed by atoms with Crippen LogP contribution in [0.2, 0.25) is 0 Å². The van der Waals surface area contributed by atoms with Gasteiger partial charge in [-0.15, -0.1) is 11.7 Å². The van der Waals surface area contributed by atoms with E-state index in [4.69, 9.17) is 25.0 Å². The molecule has 0 aliphatic carbocycles. The smallest absolute Gasteiger partial charge is 0.246 e. The Morgan fingerprint density at radius 3 is 1.83 bits per heavy atom. The number of piperazine rings is 2. The Balaban J connectivity index is 0.000000165. The number of anilines is 7. The van der Waals surface area contributed by atoms with E-state index < -0.39 is 0 Å². The lowest BCUT2D eigenvalue weighted by Crippen LogP contribution is -2.64. The van der Waals surface area contributed by atoms with Gasteiger partial charge in [-0.3, -0.25) is 9.59 Å². The molecule has 2 amide bonds. The molecule has 4 bridgehead atoms. The number of fused-ring (bicyclic) bond motifs is 8. The van der Waals surface area contributed by atoms with Gasteiger partial charge >= 0.3 is 0 Å². The number of nitrogens with one attached hydrogen (secondary N) is 4. The van der Waals surface area contributed by atoms with Crippen LogP contribution in [-0.2, 0) is 16.6 Å². The van der Waals surface area contributed by atoms with Gasteiger partial charge in [-0.1, -0.05) is 17.9 Å². The molecule has 4 atom stereocenters. The summed E-state index contributed by atoms with van der Waals surface area (Å²) >= 11 is 0. The third-order valence-corrected chi connectivity index (χ3v) is 14.9. The number of hydrogen-bond acceptors (Lipinski definition) is 21. The molecular weight excluding hydrogens is 1040 g/mol. The molecule has 5 aliphatic heterocycles. The van der Waals surface area contributed by atoms with Crippen LogP contribution in [0.25, 0.3) is 33.1 Å². The third-order valence-electron chi connectivity index (χ3n) is 14.9. The average Bonchev–Trinajstić information content (AvgIpc) is 4.27. The average molecular weight is 1100 g/mol. The lowest BCUT2D eigenvalue weighted by Gasteiger charge is -2.51. The predicted molar refractivity (Wildman–Crippen MR) is 313 cm³/mol. The molecule has 9 aromatic rings. The molecule has 5 fully saturated rings. The number of allylic oxidation sites excluding steroid dienone is 1. The zero-order valence-electron chi connectivity index (χ0n) is 45.9. The molecule has 10 heterocycles. The summed E-state index contributed by atoms with van der Waals surface area (Å²) in [5.41, 5.74) is 16.5. The van der Waals surface area contributed by atoms with E-state index in [2.05, 4.69) is 84.2 Å². The maximum atomic E-state index is 12.3. The van der Waals surface area contributed by atoms with Crippen molar-refractivity contribution >= 4 is 91.7 Å². The van der Waals surface area contributed by atoms with E-state index >= 15 is 0 Å². The molecular formula is C58H60N20O4. The van der Waals surface area contributed by atoms with Crippen molar-refractivity contribution in [2.75, 3.05) is 59.0 Å². The fraction of sp³-hybridized carbons (Fsp3) is 0.276. The Labute approximate surface area is 471 Å². The highest BCUT2D eigenvalue weighted by atomic mass is 16.5. The Morgan fingerprint density at radius 1 is 0.707 bits per heavy atom. The van der Waals surface area contributed by atoms with Gasteiger partial charge in [-0.2, -0.15) is 5.11 Å². The number of rotatable bonds is 14. The normalized spacial score (nSPS) is 17.6. The standard InChI is InChI=1S/C29H30N10O2.C26H24N10O2.C3H6/c1-4-26(40)38-14-20-7-6-19(38)15-39(20)29-32-13-24-27(36-29)28(34-16-33-24)35-18-5-10-25(17(2)11-18)41-21-8-9-22(31-3)23(12-21)37-30;1-15-7-16(3-6-23(15)38-19-4-5-22-20(9-19)32-33-34(22)2)30-25-24-21(28-13-29-25)10-27-26(31-24)36-12-17-8-18(36)11-35(17)14-37;1-3-2/h4-5,8-13,16,19-20,30-31H,1,6-7,14-15H2,2-3H3,(H,33,34,35);3-7,9-10,13-14,17-18H,8,11-12H2,1-2H3,(H,28,29,30);3H,1H2,2H3. The van der Waals surface area contributed by atoms with Gasteiger partial charge < -0.3 is 45.0 Å². The van der Waals surface area contributed by atoms with Crippen LogP contribution in [0.1, 0.15) is 37.3 Å². The van der Waals surface area contributed by atoms with Crippen molar-refractivity contribution in [3.05, 3.63) is 134 Å². The van der Waals surface area contributed by atoms with Crippen LogP contribution in [0, 0.1) is 19.4 Å². The Hall–Kier alpha value is -10.3. The number of amides is 2. The highest BCUT2D eigenvalue weighted by Crippen LogP contribution is 2.38. The maximum Gasteiger partial charge on any atom is 0.246 e. The molecule has 4 unspecified atom stereocenters. The molecule has 24 heteroatoms. The molecule has 4 aromatic carbocycles. The maximum absolute atomic E-state index is 12.3. The number of aryl methyl sites for hydroxylation is 3. The second kappa shape index (κ2) is 23.2. The fourth-order valence-corrected chi connectivity index (χ4v) is 10.9. The molecule has 416 valence electrons. The summed E-state index contributed by atoms with van der Waals surface area (Å²) in [5.74, 6) is 5.10. The molecule has 5 saturated heterocycles. The van der Waals surface area contributed by atoms with Gasteiger partial charge in [0.2, 0.25) is 24.2 Å². The molecule has 0 radical (unpaired) electrons. The summed E-state index contributed by atoms with van der Waals surface area (Å²) < 4.78 is 13.9. The molecule has 0 spiro atoms. The second-order valence-electron chi connectivity index (χ2n) is 20.2. The van der Waals surface area contributed by atoms with Crippen molar-refractivity contribution in [3.63, 3.8) is 0 Å². The van der Waals surface area contributed by atoms with Crippen molar-refractivity contribution in [1.29, 1.82) is 5.53 Å². The van der Waals surface area contributed by atoms with Crippen LogP contribution < -0.4 is 35.2 Å². The topological polar surface area (TPSA) is 272 Å². The van der Waals surface area contributed by atoms with E-state index in [9.17, 15) is 9.59 Å². The SMILES string of the molecule is C=CC.C=CC(=O)N1CC2CCC1CN2c1ncc2ncnc(Nc3ccc(Oc4ccc(NC)c(N=N)c4)c(C)c3)c2n1.Cc1cc(Nc2ncnc3cnc(N4CC5CC4CN5C=O)nc23)ccc1Oc1ccc2c(c1)nnn2C. The molecule has 5 aliphatic rings. The van der Waals surface area contributed by atoms with Crippen molar-refractivity contribution in [1.82, 2.24) is 64.7 Å². The van der Waals surface area contributed by atoms with E-state index in [1.165, 1.54) is 18.7 Å². The largest absolute Gasteiger partial charge is 0.457 e. The minimum absolute atomic E-state index is 0.0230. The number of carbonyl (C=O) groups excluding carboxylic acids is 2. The van der Waals surface area contributed by atoms with Crippen LogP contribution in [-0.4, -0.2) is 134 Å². The molecule has 14 rings (SSSR count). The van der Waals surface area contributed by atoms with Crippen molar-refractivity contribution in [3.8, 4) is 23.0 Å². The minimum Gasteiger partial charge on any atom is -0.457 e. The first-order valence-electron chi connectivity index (χ1n) is 26.7. The Bertz CT molecular complexity index is 3910. The van der Waals surface area contributed by atoms with Crippen LogP contribution in [0.15, 0.2) is 128 Å². The highest BCUT2D eigenvalue weighted by Gasteiger charge is 2.44. The lowest BCUT2D eigenvalue weighted by atomic mass is 9.91. The molecule has 4 N–H and O–H groups in total. The number of nitrogens with zero attached hydrogens (tertiary/aromatic N) is 16. The van der Waals surface area contributed by atoms with Gasteiger partial charge in [0.05, 0.1) is 35.7 Å². The van der Waals surface area contributed by atoms with Crippen molar-refractivity contribution in [2.24, 2.45) is 12.2 Å². The summed E-state index contributed by atoms with van der Waals surface area (Å²) in [4.78, 5) is 68.2. The lowest BCUT2D eigenvalue weighted by molar-refractivity contribution is -0.131. The monoisotopic (exact) mass is 1100 g/mol. The van der Waals surface area contributed by atoms with Crippen LogP contribution >= 0.6 is 0 Å². The van der Waals surface area contributed by atoms with Gasteiger partial charge in [0.15, 0.2) is 11.6 Å². The predicted octanol–water partition coefficient (Wildman–Crippen LogP) is 9.49. The van der Waals surface area contributed by atoms with Crippen LogP contribution in [0.3, 0.4) is 0 Å². The molecule has 0 saturated carbocycles. The molecule has 82 heavy (non-hydrogen) atoms. The van der Waals surface area contributed by atoms with Crippen molar-refractivity contribution in [2.45, 2.75) is 64.2 Å². The van der Waals surface area contributed by atoms with E-state index in [0.29, 0.717) is 88.2 Å². The highest BCUT2D eigenvalue weighted by molar-refractivity contribution is 5.89. The van der Waals surface area contributed by atoms with E-state index in [-0.39, 0.29) is 30.1 Å². The van der Waals surface area contributed by atoms with Crippen LogP contribution in [0.5, 0.6) is 23.0 Å². The first kappa shape index (κ1) is 53.7. The molecule has 5 aromatic heterocycles. The Morgan fingerprint density at radius 2 is 1.29 bits per heavy atom. The number of benzene rings is 4. The van der Waals surface area contributed by atoms with Gasteiger partial charge in [-0.05, 0) is 118 Å². The summed E-state index contributed by atoms with van der Waals surface area (Å²) in [6.07, 6.45) is 13.4. The summed E-state index contributed by atoms with van der Waals surface area (Å²) in [6.45, 7) is 15.6. The Kier molecular flexibility index (Phi) is 15.2. The van der Waals surface area contributed by atoms with Gasteiger partial charge in [0.1, 0.15) is 68.9 Å². The molecule has 24 nitrogen and oxygen atoms in total. The number of likely N-dealkylation sites (tertiary alicyclic amines) is 1. The van der Waals surface area contributed by atoms with E-state index in [1.807, 2.05) is 104 Å². The minimum atomic E-state index is -0.0230. The van der Waals surface area contributed by atoms with Gasteiger partial charge in [-0.25, -0.2) is 50.1 Å². The number of hydrogen-bond donors (Lipinski definition) is 4. The quantitative estimate of drug-likeness (QED) is 0.0341. The summed E-state index contributed by atoms with van der Waals surface area (Å²) in [6, 6.07) is 23.4. The number of carbonyl (C=O) groups is 2. The van der Waals surface area contributed by atoms with Crippen molar-refractivity contribution < 1.29 is 19.1 Å². The van der Waals surface area contributed by atoms with Gasteiger partial charge in [0.25, 0.3) is 0 Å². The third kappa shape index (κ3) is 10.9. The van der Waals surface area contributed by atoms with Gasteiger partial charge in [0, 0.05) is 75.9 Å². The summed E-state index contributed by atoms with van der Waals surface area (Å²) in [7, 11) is 3.64. The van der Waals surface area contributed by atoms with E-state index in [1.54, 1.807) is 36.3 Å². The fourth-order valence-electron chi connectivity index (χ4n) is 10.9. The zero-order chi connectivity index (χ0) is 57.0. The number of ether oxygens (including phenoxy) is 2. The van der Waals surface area contributed by atoms with E-state index in [0.717, 1.165) is 77.2 Å². The summed E-state index contributed by atoms with van der Waals surface area (Å²) in [5, 5.41) is 21.5. The second-order valence-corrected chi connectivity index (χ2v) is 20.2. The first-order chi connectivity index (χ1) is 39.9. The zero-order valence-corrected chi connectivity index (χ0v) is 45.9. The first-order valence-corrected chi connectivity index (χ1v) is 26.7.